The SMILES string of the molecule is O=Nc1ccc(Oc2ccnc3cc(CN4CCOCC4)sc23)c(F)c1. The highest BCUT2D eigenvalue weighted by Gasteiger charge is 2.15. The summed E-state index contributed by atoms with van der Waals surface area (Å²) in [6.07, 6.45) is 1.64. The first kappa shape index (κ1) is 17.0. The third kappa shape index (κ3) is 3.57. The van der Waals surface area contributed by atoms with Crippen LogP contribution in [0.25, 0.3) is 10.2 Å². The molecule has 1 aromatic carbocycles. The molecule has 3 heterocycles. The number of aromatic nitrogens is 1. The van der Waals surface area contributed by atoms with E-state index >= 15 is 0 Å². The highest BCUT2D eigenvalue weighted by Crippen LogP contribution is 2.36. The second-order valence-electron chi connectivity index (χ2n) is 5.93. The van der Waals surface area contributed by atoms with Crippen LogP contribution in [0.2, 0.25) is 0 Å². The molecule has 1 saturated heterocycles. The van der Waals surface area contributed by atoms with Crippen molar-refractivity contribution in [2.75, 3.05) is 26.3 Å². The molecule has 0 amide bonds. The van der Waals surface area contributed by atoms with Gasteiger partial charge in [0.1, 0.15) is 11.4 Å². The molecule has 0 saturated carbocycles. The standard InChI is InChI=1S/C18H16FN3O3S/c19-14-9-12(21-23)1-2-16(14)25-17-3-4-20-15-10-13(26-18(15)17)11-22-5-7-24-8-6-22/h1-4,9-10H,5-8,11H2. The van der Waals surface area contributed by atoms with Crippen LogP contribution in [0.15, 0.2) is 41.7 Å². The molecule has 26 heavy (non-hydrogen) atoms. The number of morpholine rings is 1. The third-order valence-electron chi connectivity index (χ3n) is 4.15. The van der Waals surface area contributed by atoms with Gasteiger partial charge in [0.25, 0.3) is 0 Å². The molecule has 0 spiro atoms. The van der Waals surface area contributed by atoms with Crippen molar-refractivity contribution in [1.29, 1.82) is 0 Å². The van der Waals surface area contributed by atoms with Gasteiger partial charge in [0.2, 0.25) is 0 Å². The Morgan fingerprint density at radius 1 is 1.23 bits per heavy atom. The van der Waals surface area contributed by atoms with Crippen molar-refractivity contribution < 1.29 is 13.9 Å². The molecule has 1 aliphatic heterocycles. The van der Waals surface area contributed by atoms with E-state index in [4.69, 9.17) is 9.47 Å². The summed E-state index contributed by atoms with van der Waals surface area (Å²) >= 11 is 1.59. The minimum atomic E-state index is -0.628. The largest absolute Gasteiger partial charge is 0.453 e. The van der Waals surface area contributed by atoms with Crippen molar-refractivity contribution in [1.82, 2.24) is 9.88 Å². The molecule has 0 N–H and O–H groups in total. The Kier molecular flexibility index (Phi) is 4.87. The smallest absolute Gasteiger partial charge is 0.167 e. The average molecular weight is 373 g/mol. The van der Waals surface area contributed by atoms with Gasteiger partial charge in [-0.1, -0.05) is 0 Å². The van der Waals surface area contributed by atoms with Crippen molar-refractivity contribution in [3.8, 4) is 11.5 Å². The predicted octanol–water partition coefficient (Wildman–Crippen LogP) is 4.46. The Bertz CT molecular complexity index is 941. The van der Waals surface area contributed by atoms with Crippen molar-refractivity contribution in [3.05, 3.63) is 52.1 Å². The van der Waals surface area contributed by atoms with Crippen LogP contribution in [0.4, 0.5) is 10.1 Å². The van der Waals surface area contributed by atoms with Gasteiger partial charge in [-0.05, 0) is 23.4 Å². The van der Waals surface area contributed by atoms with Crippen molar-refractivity contribution >= 4 is 27.2 Å². The number of ether oxygens (including phenoxy) is 2. The summed E-state index contributed by atoms with van der Waals surface area (Å²) in [5.74, 6) is -0.0378. The first-order chi connectivity index (χ1) is 12.7. The van der Waals surface area contributed by atoms with Crippen molar-refractivity contribution in [2.24, 2.45) is 5.18 Å². The second-order valence-corrected chi connectivity index (χ2v) is 7.07. The van der Waals surface area contributed by atoms with Crippen LogP contribution in [0.3, 0.4) is 0 Å². The first-order valence-electron chi connectivity index (χ1n) is 8.21. The average Bonchev–Trinajstić information content (AvgIpc) is 3.07. The summed E-state index contributed by atoms with van der Waals surface area (Å²) in [6, 6.07) is 7.63. The number of fused-ring (bicyclic) bond motifs is 1. The number of hydrogen-bond acceptors (Lipinski definition) is 7. The molecule has 6 nitrogen and oxygen atoms in total. The van der Waals surface area contributed by atoms with E-state index in [0.29, 0.717) is 5.75 Å². The number of nitrogens with zero attached hydrogens (tertiary/aromatic N) is 3. The fourth-order valence-corrected chi connectivity index (χ4v) is 3.96. The van der Waals surface area contributed by atoms with Crippen LogP contribution in [0.1, 0.15) is 4.88 Å². The van der Waals surface area contributed by atoms with E-state index in [1.807, 2.05) is 6.07 Å². The second kappa shape index (κ2) is 7.45. The zero-order valence-electron chi connectivity index (χ0n) is 13.9. The van der Waals surface area contributed by atoms with Gasteiger partial charge in [-0.15, -0.1) is 16.2 Å². The van der Waals surface area contributed by atoms with Crippen LogP contribution in [0, 0.1) is 10.7 Å². The summed E-state index contributed by atoms with van der Waals surface area (Å²) in [4.78, 5) is 18.4. The fraction of sp³-hybridized carbons (Fsp3) is 0.278. The number of pyridine rings is 1. The molecule has 0 aliphatic carbocycles. The highest BCUT2D eigenvalue weighted by molar-refractivity contribution is 7.19. The van der Waals surface area contributed by atoms with E-state index < -0.39 is 5.82 Å². The van der Waals surface area contributed by atoms with Gasteiger partial charge in [-0.2, -0.15) is 0 Å². The van der Waals surface area contributed by atoms with E-state index in [1.165, 1.54) is 17.0 Å². The van der Waals surface area contributed by atoms with Crippen LogP contribution >= 0.6 is 11.3 Å². The van der Waals surface area contributed by atoms with Gasteiger partial charge in [0.15, 0.2) is 11.6 Å². The molecular weight excluding hydrogens is 357 g/mol. The molecule has 0 bridgehead atoms. The van der Waals surface area contributed by atoms with Gasteiger partial charge in [-0.25, -0.2) is 4.39 Å². The van der Waals surface area contributed by atoms with Crippen LogP contribution in [-0.2, 0) is 11.3 Å². The molecular formula is C18H16FN3O3S. The number of thiophene rings is 1. The lowest BCUT2D eigenvalue weighted by Crippen LogP contribution is -2.35. The van der Waals surface area contributed by atoms with Gasteiger partial charge in [-0.3, -0.25) is 9.88 Å². The summed E-state index contributed by atoms with van der Waals surface area (Å²) in [5, 5.41) is 2.72. The molecule has 4 rings (SSSR count). The molecule has 1 aliphatic rings. The highest BCUT2D eigenvalue weighted by atomic mass is 32.1. The van der Waals surface area contributed by atoms with Crippen LogP contribution < -0.4 is 4.74 Å². The predicted molar refractivity (Wildman–Crippen MR) is 97.6 cm³/mol. The fourth-order valence-electron chi connectivity index (χ4n) is 2.85. The number of hydrogen-bond donors (Lipinski definition) is 0. The van der Waals surface area contributed by atoms with E-state index in [2.05, 4.69) is 15.1 Å². The molecule has 3 aromatic rings. The Hall–Kier alpha value is -2.42. The lowest BCUT2D eigenvalue weighted by molar-refractivity contribution is 0.0346. The maximum atomic E-state index is 14.1. The summed E-state index contributed by atoms with van der Waals surface area (Å²) in [6.45, 7) is 4.16. The molecule has 134 valence electrons. The van der Waals surface area contributed by atoms with Gasteiger partial charge in [0.05, 0.1) is 23.4 Å². The quantitative estimate of drug-likeness (QED) is 0.618. The first-order valence-corrected chi connectivity index (χ1v) is 9.03. The van der Waals surface area contributed by atoms with E-state index in [0.717, 1.165) is 49.1 Å². The molecule has 0 atom stereocenters. The Balaban J connectivity index is 1.60. The van der Waals surface area contributed by atoms with Crippen molar-refractivity contribution in [3.63, 3.8) is 0 Å². The summed E-state index contributed by atoms with van der Waals surface area (Å²) in [5.41, 5.74) is 0.848. The van der Waals surface area contributed by atoms with E-state index in [-0.39, 0.29) is 11.4 Å². The molecule has 2 aromatic heterocycles. The van der Waals surface area contributed by atoms with E-state index in [9.17, 15) is 9.30 Å². The van der Waals surface area contributed by atoms with Gasteiger partial charge in [0, 0.05) is 42.8 Å². The number of rotatable bonds is 5. The Morgan fingerprint density at radius 2 is 2.08 bits per heavy atom. The molecule has 8 heteroatoms. The zero-order chi connectivity index (χ0) is 17.9. The normalized spacial score (nSPS) is 15.3. The Labute approximate surface area is 153 Å². The molecule has 0 radical (unpaired) electrons. The maximum absolute atomic E-state index is 14.1. The molecule has 0 unspecified atom stereocenters. The minimum absolute atomic E-state index is 0.0265. The monoisotopic (exact) mass is 373 g/mol. The number of halogens is 1. The topological polar surface area (TPSA) is 64.0 Å². The third-order valence-corrected chi connectivity index (χ3v) is 5.27. The minimum Gasteiger partial charge on any atom is -0.453 e. The Morgan fingerprint density at radius 3 is 2.85 bits per heavy atom. The number of nitroso groups, excluding NO2 is 1. The lowest BCUT2D eigenvalue weighted by Gasteiger charge is -2.25. The maximum Gasteiger partial charge on any atom is 0.167 e. The zero-order valence-corrected chi connectivity index (χ0v) is 14.7. The van der Waals surface area contributed by atoms with Crippen molar-refractivity contribution in [2.45, 2.75) is 6.54 Å². The molecule has 1 fully saturated rings. The lowest BCUT2D eigenvalue weighted by atomic mass is 10.3. The van der Waals surface area contributed by atoms with Crippen LogP contribution in [0.5, 0.6) is 11.5 Å². The summed E-state index contributed by atoms with van der Waals surface area (Å²) < 4.78 is 26.1. The summed E-state index contributed by atoms with van der Waals surface area (Å²) in [7, 11) is 0. The van der Waals surface area contributed by atoms with Gasteiger partial charge < -0.3 is 9.47 Å². The van der Waals surface area contributed by atoms with Crippen LogP contribution in [-0.4, -0.2) is 36.2 Å². The van der Waals surface area contributed by atoms with E-state index in [1.54, 1.807) is 23.6 Å². The van der Waals surface area contributed by atoms with Gasteiger partial charge >= 0.3 is 0 Å². The number of benzene rings is 1.